The van der Waals surface area contributed by atoms with Crippen LogP contribution in [0.2, 0.25) is 0 Å². The third-order valence-corrected chi connectivity index (χ3v) is 3.38. The molecule has 0 aromatic heterocycles. The topological polar surface area (TPSA) is 38.3 Å². The number of rotatable bonds is 2. The third kappa shape index (κ3) is 2.70. The fourth-order valence-corrected chi connectivity index (χ4v) is 2.18. The Balaban J connectivity index is 2.05. The quantitative estimate of drug-likeness (QED) is 0.843. The van der Waals surface area contributed by atoms with Crippen LogP contribution >= 0.6 is 22.6 Å². The van der Waals surface area contributed by atoms with Crippen LogP contribution in [-0.2, 0) is 9.53 Å². The first kappa shape index (κ1) is 11.8. The molecule has 2 rings (SSSR count). The summed E-state index contributed by atoms with van der Waals surface area (Å²) >= 11 is 2.00. The lowest BCUT2D eigenvalue weighted by molar-refractivity contribution is -0.119. The van der Waals surface area contributed by atoms with Crippen LogP contribution in [0.4, 0.5) is 10.1 Å². The lowest BCUT2D eigenvalue weighted by Crippen LogP contribution is -2.23. The van der Waals surface area contributed by atoms with Gasteiger partial charge in [0, 0.05) is 10.2 Å². The number of benzene rings is 1. The Morgan fingerprint density at radius 2 is 2.38 bits per heavy atom. The van der Waals surface area contributed by atoms with E-state index in [0.717, 1.165) is 6.42 Å². The van der Waals surface area contributed by atoms with Gasteiger partial charge in [-0.2, -0.15) is 0 Å². The molecule has 0 aliphatic carbocycles. The average Bonchev–Trinajstić information content (AvgIpc) is 2.75. The maximum absolute atomic E-state index is 12.8. The Hall–Kier alpha value is -0.690. The van der Waals surface area contributed by atoms with E-state index >= 15 is 0 Å². The van der Waals surface area contributed by atoms with Crippen molar-refractivity contribution in [3.8, 4) is 0 Å². The van der Waals surface area contributed by atoms with E-state index in [1.54, 1.807) is 6.07 Å². The molecule has 0 radical (unpaired) electrons. The lowest BCUT2D eigenvalue weighted by Gasteiger charge is -2.10. The SMILES string of the molecule is O=C(Nc1ccc(F)cc1I)C1CCOC1. The van der Waals surface area contributed by atoms with Crippen LogP contribution < -0.4 is 5.32 Å². The van der Waals surface area contributed by atoms with Gasteiger partial charge in [0.2, 0.25) is 5.91 Å². The zero-order valence-corrected chi connectivity index (χ0v) is 10.7. The van der Waals surface area contributed by atoms with Crippen LogP contribution in [0.15, 0.2) is 18.2 Å². The summed E-state index contributed by atoms with van der Waals surface area (Å²) in [6, 6.07) is 4.30. The number of carbonyl (C=O) groups is 1. The molecule has 0 bridgehead atoms. The van der Waals surface area contributed by atoms with Gasteiger partial charge in [0.15, 0.2) is 0 Å². The second-order valence-electron chi connectivity index (χ2n) is 3.67. The Kier molecular flexibility index (Phi) is 3.75. The van der Waals surface area contributed by atoms with Crippen LogP contribution in [0, 0.1) is 15.3 Å². The molecule has 1 unspecified atom stereocenters. The third-order valence-electron chi connectivity index (χ3n) is 2.49. The number of halogens is 2. The summed E-state index contributed by atoms with van der Waals surface area (Å²) in [5, 5.41) is 2.79. The van der Waals surface area contributed by atoms with Gasteiger partial charge in [0.1, 0.15) is 5.82 Å². The average molecular weight is 335 g/mol. The van der Waals surface area contributed by atoms with Crippen molar-refractivity contribution in [1.29, 1.82) is 0 Å². The van der Waals surface area contributed by atoms with Crippen LogP contribution in [0.5, 0.6) is 0 Å². The fourth-order valence-electron chi connectivity index (χ4n) is 1.57. The van der Waals surface area contributed by atoms with Gasteiger partial charge in [0.05, 0.1) is 18.2 Å². The smallest absolute Gasteiger partial charge is 0.229 e. The number of hydrogen-bond acceptors (Lipinski definition) is 2. The highest BCUT2D eigenvalue weighted by molar-refractivity contribution is 14.1. The second-order valence-corrected chi connectivity index (χ2v) is 4.84. The zero-order valence-electron chi connectivity index (χ0n) is 8.50. The number of amides is 1. The van der Waals surface area contributed by atoms with Crippen LogP contribution in [0.3, 0.4) is 0 Å². The largest absolute Gasteiger partial charge is 0.381 e. The monoisotopic (exact) mass is 335 g/mol. The van der Waals surface area contributed by atoms with Gasteiger partial charge >= 0.3 is 0 Å². The summed E-state index contributed by atoms with van der Waals surface area (Å²) in [5.41, 5.74) is 0.652. The molecular formula is C11H11FINO2. The van der Waals surface area contributed by atoms with Crippen molar-refractivity contribution in [2.75, 3.05) is 18.5 Å². The summed E-state index contributed by atoms with van der Waals surface area (Å²) < 4.78 is 18.7. The van der Waals surface area contributed by atoms with E-state index in [4.69, 9.17) is 4.74 Å². The molecule has 3 nitrogen and oxygen atoms in total. The van der Waals surface area contributed by atoms with Gasteiger partial charge < -0.3 is 10.1 Å². The summed E-state index contributed by atoms with van der Waals surface area (Å²) in [4.78, 5) is 11.8. The Labute approximate surface area is 107 Å². The molecule has 1 fully saturated rings. The number of ether oxygens (including phenoxy) is 1. The number of nitrogens with one attached hydrogen (secondary N) is 1. The molecule has 1 aromatic rings. The molecule has 1 aliphatic rings. The standard InChI is InChI=1S/C11H11FINO2/c12-8-1-2-10(9(13)5-8)14-11(15)7-3-4-16-6-7/h1-2,5,7H,3-4,6H2,(H,14,15). The fraction of sp³-hybridized carbons (Fsp3) is 0.364. The minimum atomic E-state index is -0.299. The number of hydrogen-bond donors (Lipinski definition) is 1. The normalized spacial score (nSPS) is 19.8. The van der Waals surface area contributed by atoms with Gasteiger partial charge in [-0.25, -0.2) is 4.39 Å². The van der Waals surface area contributed by atoms with Crippen molar-refractivity contribution in [2.45, 2.75) is 6.42 Å². The molecule has 1 saturated heterocycles. The van der Waals surface area contributed by atoms with E-state index in [1.807, 2.05) is 22.6 Å². The predicted octanol–water partition coefficient (Wildman–Crippen LogP) is 2.41. The zero-order chi connectivity index (χ0) is 11.5. The summed E-state index contributed by atoms with van der Waals surface area (Å²) in [6.07, 6.45) is 0.754. The lowest BCUT2D eigenvalue weighted by atomic mass is 10.1. The van der Waals surface area contributed by atoms with Crippen molar-refractivity contribution in [3.05, 3.63) is 27.6 Å². The Bertz CT molecular complexity index is 405. The highest BCUT2D eigenvalue weighted by atomic mass is 127. The molecule has 16 heavy (non-hydrogen) atoms. The highest BCUT2D eigenvalue weighted by Gasteiger charge is 2.23. The molecule has 5 heteroatoms. The van der Waals surface area contributed by atoms with Gasteiger partial charge in [-0.05, 0) is 47.2 Å². The van der Waals surface area contributed by atoms with E-state index in [-0.39, 0.29) is 17.6 Å². The van der Waals surface area contributed by atoms with Crippen LogP contribution in [-0.4, -0.2) is 19.1 Å². The second kappa shape index (κ2) is 5.09. The van der Waals surface area contributed by atoms with Crippen LogP contribution in [0.25, 0.3) is 0 Å². The molecule has 0 saturated carbocycles. The van der Waals surface area contributed by atoms with E-state index < -0.39 is 0 Å². The van der Waals surface area contributed by atoms with Crippen molar-refractivity contribution in [2.24, 2.45) is 5.92 Å². The Morgan fingerprint density at radius 3 is 3.00 bits per heavy atom. The molecular weight excluding hydrogens is 324 g/mol. The first-order valence-corrected chi connectivity index (χ1v) is 6.08. The van der Waals surface area contributed by atoms with E-state index in [0.29, 0.717) is 22.5 Å². The van der Waals surface area contributed by atoms with Crippen LogP contribution in [0.1, 0.15) is 6.42 Å². The summed E-state index contributed by atoms with van der Waals surface area (Å²) in [7, 11) is 0. The first-order chi connectivity index (χ1) is 7.66. The van der Waals surface area contributed by atoms with Crippen molar-refractivity contribution < 1.29 is 13.9 Å². The van der Waals surface area contributed by atoms with Crippen molar-refractivity contribution in [3.63, 3.8) is 0 Å². The highest BCUT2D eigenvalue weighted by Crippen LogP contribution is 2.21. The van der Waals surface area contributed by atoms with Gasteiger partial charge in [-0.3, -0.25) is 4.79 Å². The maximum Gasteiger partial charge on any atom is 0.229 e. The Morgan fingerprint density at radius 1 is 1.56 bits per heavy atom. The molecule has 1 N–H and O–H groups in total. The van der Waals surface area contributed by atoms with E-state index in [2.05, 4.69) is 5.32 Å². The molecule has 1 heterocycles. The summed E-state index contributed by atoms with van der Waals surface area (Å²) in [5.74, 6) is -0.436. The van der Waals surface area contributed by atoms with E-state index in [1.165, 1.54) is 12.1 Å². The summed E-state index contributed by atoms with van der Waals surface area (Å²) in [6.45, 7) is 1.11. The van der Waals surface area contributed by atoms with E-state index in [9.17, 15) is 9.18 Å². The number of carbonyl (C=O) groups excluding carboxylic acids is 1. The molecule has 86 valence electrons. The van der Waals surface area contributed by atoms with Crippen molar-refractivity contribution in [1.82, 2.24) is 0 Å². The molecule has 1 aliphatic heterocycles. The molecule has 1 aromatic carbocycles. The maximum atomic E-state index is 12.8. The predicted molar refractivity (Wildman–Crippen MR) is 66.7 cm³/mol. The van der Waals surface area contributed by atoms with Gasteiger partial charge in [0.25, 0.3) is 0 Å². The van der Waals surface area contributed by atoms with Gasteiger partial charge in [-0.1, -0.05) is 0 Å². The van der Waals surface area contributed by atoms with Gasteiger partial charge in [-0.15, -0.1) is 0 Å². The number of anilines is 1. The molecule has 1 atom stereocenters. The molecule has 0 spiro atoms. The minimum absolute atomic E-state index is 0.0537. The first-order valence-electron chi connectivity index (χ1n) is 5.00. The minimum Gasteiger partial charge on any atom is -0.381 e. The van der Waals surface area contributed by atoms with Crippen molar-refractivity contribution >= 4 is 34.2 Å². The molecule has 1 amide bonds.